The van der Waals surface area contributed by atoms with Crippen molar-refractivity contribution in [2.24, 2.45) is 5.11 Å². The summed E-state index contributed by atoms with van der Waals surface area (Å²) in [6, 6.07) is 3.86. The fraction of sp³-hybridized carbons (Fsp3) is 0.364. The third-order valence-corrected chi connectivity index (χ3v) is 2.50. The van der Waals surface area contributed by atoms with Gasteiger partial charge < -0.3 is 20.1 Å². The predicted octanol–water partition coefficient (Wildman–Crippen LogP) is 1.10. The Kier molecular flexibility index (Phi) is 5.13. The summed E-state index contributed by atoms with van der Waals surface area (Å²) in [5.41, 5.74) is 8.35. The fourth-order valence-electron chi connectivity index (χ4n) is 1.52. The first-order valence-electron chi connectivity index (χ1n) is 5.29. The topological polar surface area (TPSA) is 136 Å². The van der Waals surface area contributed by atoms with E-state index in [4.69, 9.17) is 15.4 Å². The summed E-state index contributed by atoms with van der Waals surface area (Å²) < 4.78 is 4.97. The van der Waals surface area contributed by atoms with Crippen LogP contribution in [0.4, 0.5) is 0 Å². The van der Waals surface area contributed by atoms with Crippen LogP contribution in [-0.2, 0) is 0 Å². The number of carbonyl (C=O) groups is 1. The number of hydrogen-bond acceptors (Lipinski definition) is 5. The second-order valence-corrected chi connectivity index (χ2v) is 3.69. The van der Waals surface area contributed by atoms with Gasteiger partial charge in [0, 0.05) is 10.5 Å². The van der Waals surface area contributed by atoms with Crippen LogP contribution in [0, 0.1) is 0 Å². The first kappa shape index (κ1) is 14.8. The Morgan fingerprint density at radius 3 is 2.74 bits per heavy atom. The van der Waals surface area contributed by atoms with Gasteiger partial charge in [-0.2, -0.15) is 0 Å². The number of methoxy groups -OCH3 is 1. The van der Waals surface area contributed by atoms with E-state index in [1.54, 1.807) is 0 Å². The van der Waals surface area contributed by atoms with Gasteiger partial charge in [0.25, 0.3) is 0 Å². The normalized spacial score (nSPS) is 13.2. The number of aromatic carboxylic acids is 1. The number of aliphatic hydroxyl groups is 2. The number of carboxylic acids is 1. The van der Waals surface area contributed by atoms with Crippen molar-refractivity contribution in [3.63, 3.8) is 0 Å². The molecule has 102 valence electrons. The summed E-state index contributed by atoms with van der Waals surface area (Å²) in [7, 11) is 1.32. The van der Waals surface area contributed by atoms with E-state index in [-0.39, 0.29) is 23.4 Å². The van der Waals surface area contributed by atoms with Crippen molar-refractivity contribution in [1.29, 1.82) is 0 Å². The molecule has 0 bridgehead atoms. The average molecular weight is 267 g/mol. The molecule has 2 atom stereocenters. The number of nitrogens with zero attached hydrogens (tertiary/aromatic N) is 3. The predicted molar refractivity (Wildman–Crippen MR) is 64.9 cm³/mol. The molecule has 0 amide bonds. The Morgan fingerprint density at radius 2 is 2.21 bits per heavy atom. The molecule has 0 aromatic heterocycles. The second-order valence-electron chi connectivity index (χ2n) is 3.69. The van der Waals surface area contributed by atoms with Crippen LogP contribution in [0.3, 0.4) is 0 Å². The maximum atomic E-state index is 10.8. The highest BCUT2D eigenvalue weighted by Gasteiger charge is 2.22. The highest BCUT2D eigenvalue weighted by Crippen LogP contribution is 2.28. The smallest absolute Gasteiger partial charge is 0.335 e. The minimum Gasteiger partial charge on any atom is -0.496 e. The Morgan fingerprint density at radius 1 is 1.53 bits per heavy atom. The zero-order chi connectivity index (χ0) is 14.4. The van der Waals surface area contributed by atoms with E-state index in [9.17, 15) is 15.0 Å². The van der Waals surface area contributed by atoms with E-state index in [1.807, 2.05) is 0 Å². The molecule has 19 heavy (non-hydrogen) atoms. The molecule has 0 saturated carbocycles. The first-order chi connectivity index (χ1) is 9.01. The molecule has 0 spiro atoms. The molecule has 3 N–H and O–H groups in total. The molecule has 0 saturated heterocycles. The number of aliphatic hydroxyl groups excluding tert-OH is 2. The van der Waals surface area contributed by atoms with Gasteiger partial charge in [-0.15, -0.1) is 0 Å². The van der Waals surface area contributed by atoms with Crippen molar-refractivity contribution in [3.8, 4) is 5.75 Å². The van der Waals surface area contributed by atoms with Crippen LogP contribution in [0.15, 0.2) is 23.3 Å². The number of azide groups is 1. The van der Waals surface area contributed by atoms with Crippen LogP contribution < -0.4 is 4.74 Å². The molecule has 1 rings (SSSR count). The Hall–Kier alpha value is -2.28. The monoisotopic (exact) mass is 267 g/mol. The van der Waals surface area contributed by atoms with Crippen LogP contribution in [0.2, 0.25) is 0 Å². The lowest BCUT2D eigenvalue weighted by Crippen LogP contribution is -2.21. The van der Waals surface area contributed by atoms with E-state index in [0.29, 0.717) is 0 Å². The van der Waals surface area contributed by atoms with Crippen molar-refractivity contribution in [3.05, 3.63) is 39.8 Å². The lowest BCUT2D eigenvalue weighted by molar-refractivity contribution is 0.0230. The minimum absolute atomic E-state index is 0.00247. The lowest BCUT2D eigenvalue weighted by atomic mass is 10.0. The molecule has 0 heterocycles. The Balaban J connectivity index is 3.05. The molecule has 0 fully saturated rings. The molecule has 8 nitrogen and oxygen atoms in total. The summed E-state index contributed by atoms with van der Waals surface area (Å²) >= 11 is 0. The van der Waals surface area contributed by atoms with Gasteiger partial charge in [-0.25, -0.2) is 4.79 Å². The maximum absolute atomic E-state index is 10.8. The van der Waals surface area contributed by atoms with Gasteiger partial charge in [0.2, 0.25) is 0 Å². The first-order valence-corrected chi connectivity index (χ1v) is 5.29. The number of carboxylic acid groups (broad SMARTS) is 1. The number of benzene rings is 1. The molecule has 1 aromatic carbocycles. The molecule has 0 aliphatic heterocycles. The van der Waals surface area contributed by atoms with E-state index < -0.39 is 18.2 Å². The molecule has 0 aliphatic carbocycles. The van der Waals surface area contributed by atoms with Gasteiger partial charge in [-0.1, -0.05) is 11.2 Å². The number of hydrogen-bond donors (Lipinski definition) is 3. The Bertz CT molecular complexity index is 513. The van der Waals surface area contributed by atoms with Crippen LogP contribution in [0.5, 0.6) is 5.75 Å². The van der Waals surface area contributed by atoms with E-state index in [1.165, 1.54) is 25.3 Å². The van der Waals surface area contributed by atoms with Gasteiger partial charge in [0.15, 0.2) is 0 Å². The largest absolute Gasteiger partial charge is 0.496 e. The van der Waals surface area contributed by atoms with Gasteiger partial charge in [0.1, 0.15) is 11.9 Å². The molecular weight excluding hydrogens is 254 g/mol. The van der Waals surface area contributed by atoms with Gasteiger partial charge in [-0.3, -0.25) is 0 Å². The standard InChI is InChI=1S/C11H13N3O5/c1-19-9-4-6(11(17)18)2-3-7(9)10(16)8(15)5-13-14-12/h2-4,8,10,15-16H,5H2,1H3,(H,17,18). The number of ether oxygens (including phenoxy) is 1. The SMILES string of the molecule is COc1cc(C(=O)O)ccc1C(O)C(O)CN=[N+]=[N-]. The van der Waals surface area contributed by atoms with Crippen molar-refractivity contribution in [2.45, 2.75) is 12.2 Å². The molecule has 2 unspecified atom stereocenters. The van der Waals surface area contributed by atoms with Crippen molar-refractivity contribution in [2.75, 3.05) is 13.7 Å². The summed E-state index contributed by atoms with van der Waals surface area (Å²) in [6.45, 7) is -0.304. The third-order valence-electron chi connectivity index (χ3n) is 2.50. The lowest BCUT2D eigenvalue weighted by Gasteiger charge is -2.19. The highest BCUT2D eigenvalue weighted by atomic mass is 16.5. The van der Waals surface area contributed by atoms with Gasteiger partial charge in [-0.05, 0) is 17.7 Å². The van der Waals surface area contributed by atoms with E-state index >= 15 is 0 Å². The summed E-state index contributed by atoms with van der Waals surface area (Å²) in [5.74, 6) is -0.999. The van der Waals surface area contributed by atoms with Crippen LogP contribution in [-0.4, -0.2) is 41.0 Å². The Labute approximate surface area is 108 Å². The summed E-state index contributed by atoms with van der Waals surface area (Å²) in [5, 5.41) is 31.5. The van der Waals surface area contributed by atoms with Gasteiger partial charge >= 0.3 is 5.97 Å². The molecular formula is C11H13N3O5. The van der Waals surface area contributed by atoms with E-state index in [0.717, 1.165) is 0 Å². The summed E-state index contributed by atoms with van der Waals surface area (Å²) in [4.78, 5) is 13.3. The fourth-order valence-corrected chi connectivity index (χ4v) is 1.52. The molecule has 0 aliphatic rings. The second kappa shape index (κ2) is 6.60. The van der Waals surface area contributed by atoms with Crippen LogP contribution in [0.1, 0.15) is 22.0 Å². The molecule has 1 aromatic rings. The summed E-state index contributed by atoms with van der Waals surface area (Å²) in [6.07, 6.45) is -2.65. The maximum Gasteiger partial charge on any atom is 0.335 e. The number of rotatable bonds is 6. The van der Waals surface area contributed by atoms with Crippen molar-refractivity contribution >= 4 is 5.97 Å². The third kappa shape index (κ3) is 3.59. The van der Waals surface area contributed by atoms with Crippen molar-refractivity contribution in [1.82, 2.24) is 0 Å². The quantitative estimate of drug-likeness (QED) is 0.402. The average Bonchev–Trinajstić information content (AvgIpc) is 2.42. The highest BCUT2D eigenvalue weighted by molar-refractivity contribution is 5.88. The van der Waals surface area contributed by atoms with Crippen molar-refractivity contribution < 1.29 is 24.9 Å². The van der Waals surface area contributed by atoms with Crippen LogP contribution in [0.25, 0.3) is 10.4 Å². The molecule has 0 radical (unpaired) electrons. The zero-order valence-electron chi connectivity index (χ0n) is 10.1. The zero-order valence-corrected chi connectivity index (χ0v) is 10.1. The molecule has 8 heteroatoms. The minimum atomic E-state index is -1.34. The van der Waals surface area contributed by atoms with Crippen LogP contribution >= 0.6 is 0 Å². The van der Waals surface area contributed by atoms with E-state index in [2.05, 4.69) is 10.0 Å². The van der Waals surface area contributed by atoms with Gasteiger partial charge in [0.05, 0.1) is 25.3 Å².